The average Bonchev–Trinajstić information content (AvgIpc) is 3.71. The molecule has 1 aromatic heterocycles. The van der Waals surface area contributed by atoms with Crippen molar-refractivity contribution >= 4 is 0 Å². The van der Waals surface area contributed by atoms with Gasteiger partial charge >= 0.3 is 0 Å². The van der Waals surface area contributed by atoms with Crippen LogP contribution in [-0.4, -0.2) is 9.55 Å². The van der Waals surface area contributed by atoms with E-state index in [1.807, 2.05) is 12.3 Å². The maximum Gasteiger partial charge on any atom is 0.144 e. The summed E-state index contributed by atoms with van der Waals surface area (Å²) in [7, 11) is 0. The molecule has 0 bridgehead atoms. The molecule has 2 heteroatoms. The number of hydrogen-bond acceptors (Lipinski definition) is 1. The summed E-state index contributed by atoms with van der Waals surface area (Å²) in [6.45, 7) is 13.6. The summed E-state index contributed by atoms with van der Waals surface area (Å²) in [4.78, 5) is 4.76. The zero-order chi connectivity index (χ0) is 38.2. The number of hydrogen-bond donors (Lipinski definition) is 0. The van der Waals surface area contributed by atoms with Crippen LogP contribution < -0.4 is 0 Å². The predicted octanol–water partition coefficient (Wildman–Crippen LogP) is 13.8. The van der Waals surface area contributed by atoms with Gasteiger partial charge in [0, 0.05) is 28.8 Å². The van der Waals surface area contributed by atoms with Crippen molar-refractivity contribution in [1.82, 2.24) is 9.55 Å². The lowest BCUT2D eigenvalue weighted by Crippen LogP contribution is -2.18. The lowest BCUT2D eigenvalue weighted by atomic mass is 9.77. The van der Waals surface area contributed by atoms with Gasteiger partial charge in [0.25, 0.3) is 0 Å². The Kier molecular flexibility index (Phi) is 9.45. The van der Waals surface area contributed by atoms with Crippen LogP contribution in [0.25, 0.3) is 50.5 Å². The summed E-state index contributed by atoms with van der Waals surface area (Å²) in [6.07, 6.45) is 3.96. The predicted molar refractivity (Wildman–Crippen MR) is 232 cm³/mol. The first-order chi connectivity index (χ1) is 26.6. The smallest absolute Gasteiger partial charge is 0.144 e. The second-order valence-electron chi connectivity index (χ2n) is 15.9. The number of nitrogens with zero attached hydrogens (tertiary/aromatic N) is 2. The Balaban J connectivity index is 1.21. The molecular formula is C53H48N2. The summed E-state index contributed by atoms with van der Waals surface area (Å²) in [5.41, 5.74) is 16.9. The summed E-state index contributed by atoms with van der Waals surface area (Å²) in [5.74, 6) is 0.946. The molecule has 0 spiro atoms. The Labute approximate surface area is 326 Å². The van der Waals surface area contributed by atoms with Gasteiger partial charge in [-0.2, -0.15) is 0 Å². The molecule has 8 rings (SSSR count). The van der Waals surface area contributed by atoms with Crippen LogP contribution in [0.4, 0.5) is 0 Å². The second-order valence-corrected chi connectivity index (χ2v) is 15.9. The van der Waals surface area contributed by atoms with Gasteiger partial charge in [-0.25, -0.2) is 4.98 Å². The van der Waals surface area contributed by atoms with E-state index < -0.39 is 0 Å². The quantitative estimate of drug-likeness (QED) is 0.146. The van der Waals surface area contributed by atoms with Crippen molar-refractivity contribution in [3.05, 3.63) is 216 Å². The SMILES string of the molecule is Cc1cc(-c2cc(-c3ccc(C(C)(C)c4ccccc4)cc3)cc(-c3ccc(C(C)(C)c4ccccc4)cc3)c2)cc(C)c1-n1ccnc1-c1ccccc1. The summed E-state index contributed by atoms with van der Waals surface area (Å²) in [6, 6.07) is 62.1. The van der Waals surface area contributed by atoms with E-state index in [9.17, 15) is 0 Å². The van der Waals surface area contributed by atoms with Crippen LogP contribution in [0.1, 0.15) is 61.1 Å². The van der Waals surface area contributed by atoms with Gasteiger partial charge in [-0.3, -0.25) is 4.57 Å². The highest BCUT2D eigenvalue weighted by atomic mass is 15.1. The number of aromatic nitrogens is 2. The Morgan fingerprint density at radius 2 is 0.745 bits per heavy atom. The van der Waals surface area contributed by atoms with E-state index in [2.05, 4.69) is 216 Å². The number of imidazole rings is 1. The van der Waals surface area contributed by atoms with E-state index in [-0.39, 0.29) is 10.8 Å². The fourth-order valence-corrected chi connectivity index (χ4v) is 8.12. The third-order valence-electron chi connectivity index (χ3n) is 11.5. The lowest BCUT2D eigenvalue weighted by molar-refractivity contribution is 0.641. The van der Waals surface area contributed by atoms with Crippen molar-refractivity contribution in [2.75, 3.05) is 0 Å². The largest absolute Gasteiger partial charge is 0.299 e. The fraction of sp³-hybridized carbons (Fsp3) is 0.151. The number of aryl methyl sites for hydroxylation is 2. The summed E-state index contributed by atoms with van der Waals surface area (Å²) in [5, 5.41) is 0. The van der Waals surface area contributed by atoms with Gasteiger partial charge < -0.3 is 0 Å². The van der Waals surface area contributed by atoms with E-state index in [0.717, 1.165) is 11.4 Å². The van der Waals surface area contributed by atoms with Crippen LogP contribution in [0.3, 0.4) is 0 Å². The maximum atomic E-state index is 4.76. The standard InChI is InChI=1S/C53H48N2/c1-37-32-42(33-38(2)50(37)55-31-30-54-51(55)41-16-10-7-11-17-41)45-35-43(39-22-26-48(27-23-39)52(3,4)46-18-12-8-13-19-46)34-44(36-45)40-24-28-49(29-25-40)53(5,6)47-20-14-9-15-21-47/h7-36H,1-6H3. The molecular weight excluding hydrogens is 665 g/mol. The van der Waals surface area contributed by atoms with Crippen LogP contribution in [0.2, 0.25) is 0 Å². The first-order valence-electron chi connectivity index (χ1n) is 19.3. The normalized spacial score (nSPS) is 11.8. The van der Waals surface area contributed by atoms with E-state index in [0.29, 0.717) is 0 Å². The van der Waals surface area contributed by atoms with E-state index >= 15 is 0 Å². The van der Waals surface area contributed by atoms with Crippen LogP contribution >= 0.6 is 0 Å². The molecule has 8 aromatic rings. The van der Waals surface area contributed by atoms with Crippen molar-refractivity contribution < 1.29 is 0 Å². The van der Waals surface area contributed by atoms with Crippen molar-refractivity contribution in [2.45, 2.75) is 52.4 Å². The molecule has 0 aliphatic heterocycles. The molecule has 0 saturated heterocycles. The van der Waals surface area contributed by atoms with Crippen molar-refractivity contribution in [1.29, 1.82) is 0 Å². The molecule has 0 N–H and O–H groups in total. The molecule has 1 heterocycles. The zero-order valence-electron chi connectivity index (χ0n) is 32.7. The summed E-state index contributed by atoms with van der Waals surface area (Å²) >= 11 is 0. The van der Waals surface area contributed by atoms with Crippen molar-refractivity contribution in [3.63, 3.8) is 0 Å². The van der Waals surface area contributed by atoms with E-state index in [1.165, 1.54) is 72.4 Å². The average molecular weight is 713 g/mol. The topological polar surface area (TPSA) is 17.8 Å². The zero-order valence-corrected chi connectivity index (χ0v) is 32.7. The van der Waals surface area contributed by atoms with Gasteiger partial charge in [0.05, 0.1) is 5.69 Å². The monoisotopic (exact) mass is 712 g/mol. The van der Waals surface area contributed by atoms with Gasteiger partial charge in [0.1, 0.15) is 5.82 Å². The maximum absolute atomic E-state index is 4.76. The minimum absolute atomic E-state index is 0.103. The van der Waals surface area contributed by atoms with Crippen molar-refractivity contribution in [3.8, 4) is 50.5 Å². The molecule has 0 radical (unpaired) electrons. The molecule has 55 heavy (non-hydrogen) atoms. The highest BCUT2D eigenvalue weighted by Crippen LogP contribution is 2.39. The van der Waals surface area contributed by atoms with Crippen LogP contribution in [-0.2, 0) is 10.8 Å². The Hall–Kier alpha value is -6.25. The highest BCUT2D eigenvalue weighted by Gasteiger charge is 2.24. The fourth-order valence-electron chi connectivity index (χ4n) is 8.12. The van der Waals surface area contributed by atoms with Crippen LogP contribution in [0.5, 0.6) is 0 Å². The van der Waals surface area contributed by atoms with Gasteiger partial charge in [-0.15, -0.1) is 0 Å². The Bertz CT molecular complexity index is 2420. The first-order valence-corrected chi connectivity index (χ1v) is 19.3. The molecule has 0 amide bonds. The molecule has 270 valence electrons. The van der Waals surface area contributed by atoms with Gasteiger partial charge in [-0.1, -0.05) is 167 Å². The molecule has 7 aromatic carbocycles. The lowest BCUT2D eigenvalue weighted by Gasteiger charge is -2.26. The molecule has 0 fully saturated rings. The molecule has 0 saturated carbocycles. The van der Waals surface area contributed by atoms with Crippen molar-refractivity contribution in [2.24, 2.45) is 0 Å². The van der Waals surface area contributed by atoms with E-state index in [4.69, 9.17) is 4.98 Å². The van der Waals surface area contributed by atoms with Gasteiger partial charge in [-0.05, 0) is 111 Å². The third-order valence-corrected chi connectivity index (χ3v) is 11.5. The third kappa shape index (κ3) is 6.97. The number of rotatable bonds is 9. The van der Waals surface area contributed by atoms with Gasteiger partial charge in [0.2, 0.25) is 0 Å². The van der Waals surface area contributed by atoms with Crippen LogP contribution in [0.15, 0.2) is 182 Å². The van der Waals surface area contributed by atoms with Crippen LogP contribution in [0, 0.1) is 13.8 Å². The molecule has 0 unspecified atom stereocenters. The summed E-state index contributed by atoms with van der Waals surface area (Å²) < 4.78 is 2.22. The Morgan fingerprint density at radius 3 is 1.18 bits per heavy atom. The van der Waals surface area contributed by atoms with Gasteiger partial charge in [0.15, 0.2) is 0 Å². The number of benzene rings is 7. The minimum atomic E-state index is -0.103. The Morgan fingerprint density at radius 1 is 0.382 bits per heavy atom. The molecule has 0 aliphatic carbocycles. The minimum Gasteiger partial charge on any atom is -0.299 e. The first kappa shape index (κ1) is 35.8. The molecule has 2 nitrogen and oxygen atoms in total. The molecule has 0 aliphatic rings. The second kappa shape index (κ2) is 14.5. The highest BCUT2D eigenvalue weighted by molar-refractivity contribution is 5.82. The molecule has 0 atom stereocenters. The van der Waals surface area contributed by atoms with E-state index in [1.54, 1.807) is 0 Å².